The van der Waals surface area contributed by atoms with E-state index in [4.69, 9.17) is 30.8 Å². The SMILES string of the molecule is COc1ccc(OC)c2sc(N(CCCN3CCOCC3)C(=O)Cc3ccc(Cl)s3)nc12. The highest BCUT2D eigenvalue weighted by Crippen LogP contribution is 2.40. The van der Waals surface area contributed by atoms with Crippen molar-refractivity contribution >= 4 is 55.5 Å². The number of thiophene rings is 1. The lowest BCUT2D eigenvalue weighted by Crippen LogP contribution is -2.39. The van der Waals surface area contributed by atoms with E-state index in [0.717, 1.165) is 54.6 Å². The highest BCUT2D eigenvalue weighted by atomic mass is 35.5. The summed E-state index contributed by atoms with van der Waals surface area (Å²) in [5, 5.41) is 0.650. The minimum Gasteiger partial charge on any atom is -0.495 e. The van der Waals surface area contributed by atoms with Crippen molar-refractivity contribution in [1.29, 1.82) is 0 Å². The number of amides is 1. The first-order valence-electron chi connectivity index (χ1n) is 10.4. The van der Waals surface area contributed by atoms with Gasteiger partial charge in [-0.25, -0.2) is 4.98 Å². The van der Waals surface area contributed by atoms with Gasteiger partial charge in [0.2, 0.25) is 5.91 Å². The molecular weight excluding hydrogens is 470 g/mol. The van der Waals surface area contributed by atoms with E-state index >= 15 is 0 Å². The third-order valence-electron chi connectivity index (χ3n) is 5.35. The number of carbonyl (C=O) groups excluding carboxylic acids is 1. The van der Waals surface area contributed by atoms with E-state index in [9.17, 15) is 4.79 Å². The molecule has 32 heavy (non-hydrogen) atoms. The summed E-state index contributed by atoms with van der Waals surface area (Å²) in [5.74, 6) is 1.38. The molecule has 1 fully saturated rings. The largest absolute Gasteiger partial charge is 0.495 e. The molecule has 0 bridgehead atoms. The summed E-state index contributed by atoms with van der Waals surface area (Å²) in [4.78, 5) is 23.2. The number of methoxy groups -OCH3 is 2. The van der Waals surface area contributed by atoms with Crippen LogP contribution >= 0.6 is 34.3 Å². The number of carbonyl (C=O) groups is 1. The molecule has 2 aromatic heterocycles. The lowest BCUT2D eigenvalue weighted by Gasteiger charge is -2.27. The van der Waals surface area contributed by atoms with Gasteiger partial charge in [-0.2, -0.15) is 0 Å². The zero-order valence-electron chi connectivity index (χ0n) is 18.1. The Bertz CT molecular complexity index is 1020. The van der Waals surface area contributed by atoms with Gasteiger partial charge in [-0.1, -0.05) is 22.9 Å². The Hall–Kier alpha value is -1.91. The number of benzene rings is 1. The fourth-order valence-corrected chi connectivity index (χ4v) is 5.88. The highest BCUT2D eigenvalue weighted by Gasteiger charge is 2.23. The van der Waals surface area contributed by atoms with Gasteiger partial charge >= 0.3 is 0 Å². The van der Waals surface area contributed by atoms with Crippen molar-refractivity contribution in [2.24, 2.45) is 0 Å². The summed E-state index contributed by atoms with van der Waals surface area (Å²) in [6.45, 7) is 4.88. The molecule has 1 amide bonds. The second-order valence-electron chi connectivity index (χ2n) is 7.38. The molecule has 0 radical (unpaired) electrons. The standard InChI is InChI=1S/C22H26ClN3O4S2/c1-28-16-5-6-17(29-2)21-20(16)24-22(32-21)26(9-3-8-25-10-12-30-13-11-25)19(27)14-15-4-7-18(23)31-15/h4-7H,3,8-14H2,1-2H3. The van der Waals surface area contributed by atoms with Crippen LogP contribution in [-0.4, -0.2) is 69.4 Å². The van der Waals surface area contributed by atoms with Crippen LogP contribution in [0.4, 0.5) is 5.13 Å². The van der Waals surface area contributed by atoms with Crippen LogP contribution in [0.5, 0.6) is 11.5 Å². The first-order chi connectivity index (χ1) is 15.6. The number of fused-ring (bicyclic) bond motifs is 1. The zero-order valence-corrected chi connectivity index (χ0v) is 20.5. The van der Waals surface area contributed by atoms with Crippen molar-refractivity contribution < 1.29 is 19.0 Å². The van der Waals surface area contributed by atoms with Crippen LogP contribution < -0.4 is 14.4 Å². The molecule has 3 heterocycles. The minimum absolute atomic E-state index is 0.00230. The zero-order chi connectivity index (χ0) is 22.5. The topological polar surface area (TPSA) is 64.1 Å². The van der Waals surface area contributed by atoms with Gasteiger partial charge < -0.3 is 14.2 Å². The van der Waals surface area contributed by atoms with Crippen LogP contribution in [0.1, 0.15) is 11.3 Å². The molecule has 0 N–H and O–H groups in total. The molecule has 0 saturated carbocycles. The second-order valence-corrected chi connectivity index (χ2v) is 10.2. The molecule has 172 valence electrons. The van der Waals surface area contributed by atoms with Gasteiger partial charge in [-0.05, 0) is 30.7 Å². The quantitative estimate of drug-likeness (QED) is 0.440. The van der Waals surface area contributed by atoms with Crippen LogP contribution in [0, 0.1) is 0 Å². The number of ether oxygens (including phenoxy) is 3. The Morgan fingerprint density at radius 3 is 2.59 bits per heavy atom. The molecule has 10 heteroatoms. The normalized spacial score (nSPS) is 14.6. The Balaban J connectivity index is 1.59. The van der Waals surface area contributed by atoms with E-state index in [0.29, 0.717) is 33.7 Å². The molecule has 7 nitrogen and oxygen atoms in total. The van der Waals surface area contributed by atoms with Crippen LogP contribution in [0.15, 0.2) is 24.3 Å². The molecule has 0 unspecified atom stereocenters. The van der Waals surface area contributed by atoms with Gasteiger partial charge in [0, 0.05) is 31.1 Å². The van der Waals surface area contributed by atoms with Crippen LogP contribution in [0.25, 0.3) is 10.2 Å². The fraction of sp³-hybridized carbons (Fsp3) is 0.455. The Kier molecular flexibility index (Phi) is 7.85. The predicted octanol–water partition coefficient (Wildman–Crippen LogP) is 4.33. The Morgan fingerprint density at radius 1 is 1.16 bits per heavy atom. The van der Waals surface area contributed by atoms with Crippen molar-refractivity contribution in [3.8, 4) is 11.5 Å². The molecule has 3 aromatic rings. The monoisotopic (exact) mass is 495 g/mol. The molecule has 1 aliphatic rings. The second kappa shape index (κ2) is 10.8. The van der Waals surface area contributed by atoms with E-state index < -0.39 is 0 Å². The highest BCUT2D eigenvalue weighted by molar-refractivity contribution is 7.22. The summed E-state index contributed by atoms with van der Waals surface area (Å²) in [7, 11) is 3.25. The van der Waals surface area contributed by atoms with Gasteiger partial charge in [0.05, 0.1) is 38.2 Å². The van der Waals surface area contributed by atoms with Gasteiger partial charge in [0.25, 0.3) is 0 Å². The van der Waals surface area contributed by atoms with E-state index in [1.54, 1.807) is 19.1 Å². The maximum atomic E-state index is 13.4. The first kappa shape index (κ1) is 23.3. The maximum Gasteiger partial charge on any atom is 0.234 e. The average molecular weight is 496 g/mol. The third-order valence-corrected chi connectivity index (χ3v) is 7.67. The van der Waals surface area contributed by atoms with Crippen molar-refractivity contribution in [3.63, 3.8) is 0 Å². The molecule has 0 spiro atoms. The number of morpholine rings is 1. The minimum atomic E-state index is 0.00230. The number of halogens is 1. The van der Waals surface area contributed by atoms with Crippen molar-refractivity contribution in [3.05, 3.63) is 33.5 Å². The molecule has 1 aromatic carbocycles. The number of rotatable bonds is 9. The van der Waals surface area contributed by atoms with Gasteiger partial charge in [0.15, 0.2) is 5.13 Å². The van der Waals surface area contributed by atoms with Crippen LogP contribution in [0.3, 0.4) is 0 Å². The average Bonchev–Trinajstić information content (AvgIpc) is 3.43. The first-order valence-corrected chi connectivity index (χ1v) is 12.5. The predicted molar refractivity (Wildman–Crippen MR) is 130 cm³/mol. The van der Waals surface area contributed by atoms with E-state index in [1.807, 2.05) is 24.3 Å². The number of hydrogen-bond acceptors (Lipinski definition) is 8. The van der Waals surface area contributed by atoms with E-state index in [1.165, 1.54) is 22.7 Å². The fourth-order valence-electron chi connectivity index (χ4n) is 3.69. The molecule has 1 saturated heterocycles. The number of anilines is 1. The lowest BCUT2D eigenvalue weighted by atomic mass is 10.2. The van der Waals surface area contributed by atoms with Crippen molar-refractivity contribution in [2.75, 3.05) is 58.5 Å². The molecule has 1 aliphatic heterocycles. The van der Waals surface area contributed by atoms with E-state index in [-0.39, 0.29) is 5.91 Å². The number of nitrogens with zero attached hydrogens (tertiary/aromatic N) is 3. The van der Waals surface area contributed by atoms with Crippen LogP contribution in [0.2, 0.25) is 4.34 Å². The Morgan fingerprint density at radius 2 is 1.91 bits per heavy atom. The Labute approximate surface area is 200 Å². The smallest absolute Gasteiger partial charge is 0.234 e. The van der Waals surface area contributed by atoms with Gasteiger partial charge in [0.1, 0.15) is 21.7 Å². The van der Waals surface area contributed by atoms with Gasteiger partial charge in [-0.3, -0.25) is 14.6 Å². The number of hydrogen-bond donors (Lipinski definition) is 0. The summed E-state index contributed by atoms with van der Waals surface area (Å²) < 4.78 is 18.0. The summed E-state index contributed by atoms with van der Waals surface area (Å²) in [5.41, 5.74) is 0.706. The summed E-state index contributed by atoms with van der Waals surface area (Å²) >= 11 is 8.95. The lowest BCUT2D eigenvalue weighted by molar-refractivity contribution is -0.118. The van der Waals surface area contributed by atoms with E-state index in [2.05, 4.69) is 4.90 Å². The van der Waals surface area contributed by atoms with Crippen molar-refractivity contribution in [2.45, 2.75) is 12.8 Å². The molecular formula is C22H26ClN3O4S2. The van der Waals surface area contributed by atoms with Crippen LogP contribution in [-0.2, 0) is 16.0 Å². The summed E-state index contributed by atoms with van der Waals surface area (Å²) in [6.07, 6.45) is 1.14. The number of aromatic nitrogens is 1. The molecule has 0 atom stereocenters. The number of thiazole rings is 1. The molecule has 0 aliphatic carbocycles. The van der Waals surface area contributed by atoms with Gasteiger partial charge in [-0.15, -0.1) is 11.3 Å². The van der Waals surface area contributed by atoms with Crippen molar-refractivity contribution in [1.82, 2.24) is 9.88 Å². The third kappa shape index (κ3) is 5.35. The molecule has 4 rings (SSSR count). The maximum absolute atomic E-state index is 13.4. The summed E-state index contributed by atoms with van der Waals surface area (Å²) in [6, 6.07) is 7.43.